The number of hydrogen-bond donors (Lipinski definition) is 2. The molecule has 0 bridgehead atoms. The van der Waals surface area contributed by atoms with E-state index < -0.39 is 0 Å². The van der Waals surface area contributed by atoms with E-state index in [1.54, 1.807) is 0 Å². The maximum absolute atomic E-state index is 11.8. The highest BCUT2D eigenvalue weighted by molar-refractivity contribution is 9.10. The third kappa shape index (κ3) is 5.16. The highest BCUT2D eigenvalue weighted by Gasteiger charge is 2.12. The fraction of sp³-hybridized carbons (Fsp3) is 0.500. The van der Waals surface area contributed by atoms with E-state index in [-0.39, 0.29) is 5.91 Å². The number of thioether (sulfide) groups is 1. The minimum atomic E-state index is -0.00602. The van der Waals surface area contributed by atoms with Crippen LogP contribution in [-0.4, -0.2) is 36.5 Å². The van der Waals surface area contributed by atoms with Crippen LogP contribution in [0.2, 0.25) is 0 Å². The van der Waals surface area contributed by atoms with Crippen LogP contribution >= 0.6 is 27.7 Å². The van der Waals surface area contributed by atoms with E-state index in [2.05, 4.69) is 26.6 Å². The van der Waals surface area contributed by atoms with Gasteiger partial charge in [-0.1, -0.05) is 15.9 Å². The molecule has 0 radical (unpaired) electrons. The van der Waals surface area contributed by atoms with Crippen LogP contribution in [0.15, 0.2) is 28.7 Å². The molecule has 19 heavy (non-hydrogen) atoms. The van der Waals surface area contributed by atoms with E-state index in [0.717, 1.165) is 11.0 Å². The first-order valence-electron chi connectivity index (χ1n) is 6.60. The van der Waals surface area contributed by atoms with Gasteiger partial charge < -0.3 is 10.6 Å². The van der Waals surface area contributed by atoms with Crippen molar-refractivity contribution in [2.75, 3.05) is 24.6 Å². The molecule has 104 valence electrons. The highest BCUT2D eigenvalue weighted by atomic mass is 79.9. The van der Waals surface area contributed by atoms with Gasteiger partial charge in [0.15, 0.2) is 0 Å². The molecule has 2 rings (SSSR count). The van der Waals surface area contributed by atoms with Crippen LogP contribution in [0.4, 0.5) is 0 Å². The standard InChI is InChI=1S/C14H19BrN2OS/c15-12-3-1-11(2-4-12)14(18)17-8-7-16-13-5-9-19-10-6-13/h1-4,13,16H,5-10H2,(H,17,18). The van der Waals surface area contributed by atoms with Gasteiger partial charge in [0.05, 0.1) is 0 Å². The molecule has 0 saturated carbocycles. The molecule has 3 nitrogen and oxygen atoms in total. The first-order chi connectivity index (χ1) is 9.25. The van der Waals surface area contributed by atoms with Crippen molar-refractivity contribution in [2.45, 2.75) is 18.9 Å². The van der Waals surface area contributed by atoms with Gasteiger partial charge in [0.1, 0.15) is 0 Å². The first kappa shape index (κ1) is 14.9. The van der Waals surface area contributed by atoms with Crippen LogP contribution in [0.25, 0.3) is 0 Å². The molecule has 5 heteroatoms. The molecule has 0 spiro atoms. The van der Waals surface area contributed by atoms with E-state index in [4.69, 9.17) is 0 Å². The van der Waals surface area contributed by atoms with E-state index >= 15 is 0 Å². The Balaban J connectivity index is 1.64. The third-order valence-corrected chi connectivity index (χ3v) is 4.75. The van der Waals surface area contributed by atoms with Crippen LogP contribution in [0.3, 0.4) is 0 Å². The third-order valence-electron chi connectivity index (χ3n) is 3.17. The second-order valence-electron chi connectivity index (χ2n) is 4.60. The lowest BCUT2D eigenvalue weighted by atomic mass is 10.1. The molecule has 1 heterocycles. The molecular formula is C14H19BrN2OS. The molecule has 1 aromatic rings. The number of carbonyl (C=O) groups excluding carboxylic acids is 1. The lowest BCUT2D eigenvalue weighted by Crippen LogP contribution is -2.38. The summed E-state index contributed by atoms with van der Waals surface area (Å²) in [6.45, 7) is 1.52. The predicted octanol–water partition coefficient (Wildman–Crippen LogP) is 2.66. The Labute approximate surface area is 127 Å². The van der Waals surface area contributed by atoms with Crippen molar-refractivity contribution < 1.29 is 4.79 Å². The monoisotopic (exact) mass is 342 g/mol. The Morgan fingerprint density at radius 3 is 2.58 bits per heavy atom. The van der Waals surface area contributed by atoms with Crippen molar-refractivity contribution in [3.63, 3.8) is 0 Å². The number of hydrogen-bond acceptors (Lipinski definition) is 3. The van der Waals surface area contributed by atoms with Gasteiger partial charge in [-0.15, -0.1) is 0 Å². The number of carbonyl (C=O) groups is 1. The average Bonchev–Trinajstić information content (AvgIpc) is 2.45. The molecule has 0 unspecified atom stereocenters. The SMILES string of the molecule is O=C(NCCNC1CCSCC1)c1ccc(Br)cc1. The molecule has 1 fully saturated rings. The topological polar surface area (TPSA) is 41.1 Å². The van der Waals surface area contributed by atoms with E-state index in [1.807, 2.05) is 36.0 Å². The highest BCUT2D eigenvalue weighted by Crippen LogP contribution is 2.16. The molecule has 1 aliphatic rings. The van der Waals surface area contributed by atoms with E-state index in [0.29, 0.717) is 18.2 Å². The summed E-state index contributed by atoms with van der Waals surface area (Å²) < 4.78 is 0.987. The van der Waals surface area contributed by atoms with Crippen molar-refractivity contribution >= 4 is 33.6 Å². The van der Waals surface area contributed by atoms with Gasteiger partial charge in [-0.2, -0.15) is 11.8 Å². The molecule has 1 aromatic carbocycles. The van der Waals surface area contributed by atoms with Gasteiger partial charge in [-0.05, 0) is 48.6 Å². The van der Waals surface area contributed by atoms with Crippen molar-refractivity contribution in [2.24, 2.45) is 0 Å². The summed E-state index contributed by atoms with van der Waals surface area (Å²) in [5.41, 5.74) is 0.706. The second-order valence-corrected chi connectivity index (χ2v) is 6.74. The number of benzene rings is 1. The number of halogens is 1. The van der Waals surface area contributed by atoms with Gasteiger partial charge in [0.25, 0.3) is 5.91 Å². The van der Waals surface area contributed by atoms with Gasteiger partial charge >= 0.3 is 0 Å². The Bertz CT molecular complexity index is 404. The Kier molecular flexibility index (Phi) is 6.20. The molecule has 0 atom stereocenters. The maximum Gasteiger partial charge on any atom is 0.251 e. The summed E-state index contributed by atoms with van der Waals surface area (Å²) >= 11 is 5.39. The average molecular weight is 343 g/mol. The summed E-state index contributed by atoms with van der Waals surface area (Å²) in [5.74, 6) is 2.50. The van der Waals surface area contributed by atoms with Crippen molar-refractivity contribution in [1.82, 2.24) is 10.6 Å². The van der Waals surface area contributed by atoms with Crippen LogP contribution < -0.4 is 10.6 Å². The van der Waals surface area contributed by atoms with Crippen molar-refractivity contribution in [1.29, 1.82) is 0 Å². The lowest BCUT2D eigenvalue weighted by Gasteiger charge is -2.22. The van der Waals surface area contributed by atoms with Gasteiger partial charge in [-0.3, -0.25) is 4.79 Å². The molecule has 1 amide bonds. The van der Waals surface area contributed by atoms with Crippen LogP contribution in [0.5, 0.6) is 0 Å². The molecule has 1 saturated heterocycles. The molecule has 1 aliphatic heterocycles. The van der Waals surface area contributed by atoms with Crippen LogP contribution in [0.1, 0.15) is 23.2 Å². The zero-order valence-electron chi connectivity index (χ0n) is 10.8. The molecular weight excluding hydrogens is 324 g/mol. The summed E-state index contributed by atoms with van der Waals surface area (Å²) in [6.07, 6.45) is 2.48. The van der Waals surface area contributed by atoms with Crippen LogP contribution in [0, 0.1) is 0 Å². The minimum Gasteiger partial charge on any atom is -0.351 e. The van der Waals surface area contributed by atoms with Crippen molar-refractivity contribution in [3.05, 3.63) is 34.3 Å². The Morgan fingerprint density at radius 1 is 1.21 bits per heavy atom. The predicted molar refractivity (Wildman–Crippen MR) is 84.8 cm³/mol. The summed E-state index contributed by atoms with van der Waals surface area (Å²) in [7, 11) is 0. The lowest BCUT2D eigenvalue weighted by molar-refractivity contribution is 0.0953. The summed E-state index contributed by atoms with van der Waals surface area (Å²) in [4.78, 5) is 11.8. The van der Waals surface area contributed by atoms with Gasteiger partial charge in [0, 0.05) is 29.2 Å². The Hall–Kier alpha value is -0.520. The quantitative estimate of drug-likeness (QED) is 0.808. The van der Waals surface area contributed by atoms with Gasteiger partial charge in [-0.25, -0.2) is 0 Å². The summed E-state index contributed by atoms with van der Waals surface area (Å²) in [6, 6.07) is 8.04. The van der Waals surface area contributed by atoms with Crippen molar-refractivity contribution in [3.8, 4) is 0 Å². The number of amides is 1. The fourth-order valence-corrected chi connectivity index (χ4v) is 3.43. The van der Waals surface area contributed by atoms with E-state index in [9.17, 15) is 4.79 Å². The smallest absolute Gasteiger partial charge is 0.251 e. The van der Waals surface area contributed by atoms with Gasteiger partial charge in [0.2, 0.25) is 0 Å². The molecule has 0 aliphatic carbocycles. The first-order valence-corrected chi connectivity index (χ1v) is 8.55. The number of rotatable bonds is 5. The molecule has 2 N–H and O–H groups in total. The normalized spacial score (nSPS) is 16.3. The second kappa shape index (κ2) is 7.92. The minimum absolute atomic E-state index is 0.00602. The summed E-state index contributed by atoms with van der Waals surface area (Å²) in [5, 5.41) is 6.44. The maximum atomic E-state index is 11.8. The zero-order chi connectivity index (χ0) is 13.5. The zero-order valence-corrected chi connectivity index (χ0v) is 13.2. The Morgan fingerprint density at radius 2 is 1.89 bits per heavy atom. The van der Waals surface area contributed by atoms with Crippen LogP contribution in [-0.2, 0) is 0 Å². The van der Waals surface area contributed by atoms with E-state index in [1.165, 1.54) is 24.3 Å². The number of nitrogens with one attached hydrogen (secondary N) is 2. The largest absolute Gasteiger partial charge is 0.351 e. The molecule has 0 aromatic heterocycles. The fourth-order valence-electron chi connectivity index (χ4n) is 2.06.